The van der Waals surface area contributed by atoms with Gasteiger partial charge in [-0.2, -0.15) is 0 Å². The molecule has 0 bridgehead atoms. The molecule has 0 unspecified atom stereocenters. The highest BCUT2D eigenvalue weighted by Crippen LogP contribution is 2.39. The first-order chi connectivity index (χ1) is 14.0. The molecule has 0 saturated heterocycles. The molecular weight excluding hydrogens is 568 g/mol. The number of ether oxygens (including phenoxy) is 1. The number of halogens is 3. The van der Waals surface area contributed by atoms with E-state index in [0.29, 0.717) is 38.5 Å². The molecule has 29 heavy (non-hydrogen) atoms. The van der Waals surface area contributed by atoms with Crippen molar-refractivity contribution in [3.8, 4) is 23.0 Å². The molecule has 0 spiro atoms. The monoisotopic (exact) mass is 578 g/mol. The van der Waals surface area contributed by atoms with Gasteiger partial charge in [0.25, 0.3) is 0 Å². The van der Waals surface area contributed by atoms with Gasteiger partial charge in [0, 0.05) is 25.2 Å². The summed E-state index contributed by atoms with van der Waals surface area (Å²) >= 11 is 10.4. The zero-order valence-electron chi connectivity index (χ0n) is 15.0. The number of oxazole rings is 1. The van der Waals surface area contributed by atoms with E-state index in [1.807, 2.05) is 42.5 Å². The van der Waals surface area contributed by atoms with Crippen LogP contribution in [-0.2, 0) is 0 Å². The van der Waals surface area contributed by atoms with Gasteiger partial charge in [0.15, 0.2) is 17.1 Å². The molecule has 0 fully saturated rings. The average molecular weight is 581 g/mol. The second-order valence-corrected chi connectivity index (χ2v) is 8.64. The summed E-state index contributed by atoms with van der Waals surface area (Å²) in [5, 5.41) is 10.4. The first kappa shape index (κ1) is 20.1. The average Bonchev–Trinajstić information content (AvgIpc) is 3.14. The van der Waals surface area contributed by atoms with Crippen LogP contribution in [0.15, 0.2) is 71.4 Å². The van der Waals surface area contributed by atoms with Gasteiger partial charge in [0.1, 0.15) is 5.52 Å². The topological polar surface area (TPSA) is 67.9 Å². The number of nitrogens with zero attached hydrogens (tertiary/aromatic N) is 2. The number of rotatable bonds is 4. The predicted octanol–water partition coefficient (Wildman–Crippen LogP) is 7.25. The Morgan fingerprint density at radius 1 is 1.10 bits per heavy atom. The number of aliphatic imine (C=N–C) groups is 1. The molecule has 0 aliphatic heterocycles. The van der Waals surface area contributed by atoms with Crippen LogP contribution < -0.4 is 4.74 Å². The number of fused-ring (bicyclic) bond motifs is 1. The number of phenols is 1. The fraction of sp³-hybridized carbons (Fsp3) is 0.0476. The molecule has 0 atom stereocenters. The number of methoxy groups -OCH3 is 1. The molecule has 0 amide bonds. The van der Waals surface area contributed by atoms with Crippen LogP contribution in [0.3, 0.4) is 0 Å². The molecule has 4 aromatic rings. The van der Waals surface area contributed by atoms with Crippen LogP contribution in [0.25, 0.3) is 22.6 Å². The smallest absolute Gasteiger partial charge is 0.227 e. The highest BCUT2D eigenvalue weighted by molar-refractivity contribution is 9.13. The quantitative estimate of drug-likeness (QED) is 0.258. The minimum Gasteiger partial charge on any atom is -0.504 e. The lowest BCUT2D eigenvalue weighted by molar-refractivity contribution is 0.372. The van der Waals surface area contributed by atoms with Gasteiger partial charge < -0.3 is 14.3 Å². The Balaban J connectivity index is 1.70. The maximum atomic E-state index is 10.4. The van der Waals surface area contributed by atoms with Crippen LogP contribution in [0.1, 0.15) is 5.56 Å². The van der Waals surface area contributed by atoms with Crippen molar-refractivity contribution in [1.82, 2.24) is 4.98 Å². The second-order valence-electron chi connectivity index (χ2n) is 6.08. The summed E-state index contributed by atoms with van der Waals surface area (Å²) in [5.74, 6) is 0.900. The lowest BCUT2D eigenvalue weighted by atomic mass is 10.2. The molecular formula is C21H13Br3N2O3. The van der Waals surface area contributed by atoms with Gasteiger partial charge in [0.2, 0.25) is 5.89 Å². The van der Waals surface area contributed by atoms with Gasteiger partial charge in [-0.15, -0.1) is 0 Å². The van der Waals surface area contributed by atoms with Gasteiger partial charge in [-0.1, -0.05) is 22.0 Å². The number of phenolic OH excluding ortho intramolecular Hbond substituents is 1. The van der Waals surface area contributed by atoms with E-state index in [9.17, 15) is 5.11 Å². The van der Waals surface area contributed by atoms with Crippen molar-refractivity contribution in [2.75, 3.05) is 7.11 Å². The highest BCUT2D eigenvalue weighted by atomic mass is 79.9. The Hall–Kier alpha value is -2.16. The molecule has 0 aliphatic rings. The number of aromatic nitrogens is 1. The first-order valence-corrected chi connectivity index (χ1v) is 10.8. The third kappa shape index (κ3) is 4.10. The normalized spacial score (nSPS) is 11.4. The lowest BCUT2D eigenvalue weighted by Crippen LogP contribution is -1.91. The van der Waals surface area contributed by atoms with Crippen LogP contribution in [0.2, 0.25) is 0 Å². The van der Waals surface area contributed by atoms with E-state index in [0.717, 1.165) is 14.5 Å². The minimum atomic E-state index is 0.00535. The third-order valence-electron chi connectivity index (χ3n) is 4.20. The molecule has 0 aliphatic carbocycles. The molecule has 0 saturated carbocycles. The minimum absolute atomic E-state index is 0.00535. The number of hydrogen-bond donors (Lipinski definition) is 1. The Bertz CT molecular complexity index is 1250. The van der Waals surface area contributed by atoms with Crippen molar-refractivity contribution in [1.29, 1.82) is 0 Å². The van der Waals surface area contributed by atoms with E-state index in [2.05, 4.69) is 57.8 Å². The van der Waals surface area contributed by atoms with Gasteiger partial charge in [-0.05, 0) is 74.3 Å². The van der Waals surface area contributed by atoms with Gasteiger partial charge in [-0.3, -0.25) is 4.99 Å². The van der Waals surface area contributed by atoms with E-state index >= 15 is 0 Å². The molecule has 8 heteroatoms. The summed E-state index contributed by atoms with van der Waals surface area (Å²) in [6.07, 6.45) is 1.57. The van der Waals surface area contributed by atoms with Gasteiger partial charge in [0.05, 0.1) is 18.4 Å². The van der Waals surface area contributed by atoms with Crippen molar-refractivity contribution in [2.45, 2.75) is 0 Å². The standard InChI is InChI=1S/C21H13Br3N2O3/c1-28-18-9-15(23)19(24)14(20(18)27)10-25-13-5-6-17-16(8-13)26-21(29-17)11-3-2-4-12(22)7-11/h2-10,27H,1H3. The summed E-state index contributed by atoms with van der Waals surface area (Å²) in [6, 6.07) is 14.9. The first-order valence-electron chi connectivity index (χ1n) is 8.42. The maximum Gasteiger partial charge on any atom is 0.227 e. The van der Waals surface area contributed by atoms with Gasteiger partial charge in [-0.25, -0.2) is 4.98 Å². The van der Waals surface area contributed by atoms with Crippen LogP contribution >= 0.6 is 47.8 Å². The third-order valence-corrected chi connectivity index (χ3v) is 6.70. The SMILES string of the molecule is COc1cc(Br)c(Br)c(C=Nc2ccc3oc(-c4cccc(Br)c4)nc3c2)c1O. The molecule has 1 N–H and O–H groups in total. The van der Waals surface area contributed by atoms with Crippen LogP contribution in [0, 0.1) is 0 Å². The molecule has 1 heterocycles. The van der Waals surface area contributed by atoms with E-state index in [-0.39, 0.29) is 5.75 Å². The highest BCUT2D eigenvalue weighted by Gasteiger charge is 2.14. The Morgan fingerprint density at radius 3 is 2.69 bits per heavy atom. The Morgan fingerprint density at radius 2 is 1.93 bits per heavy atom. The number of benzene rings is 3. The van der Waals surface area contributed by atoms with E-state index in [1.54, 1.807) is 12.3 Å². The van der Waals surface area contributed by atoms with E-state index < -0.39 is 0 Å². The van der Waals surface area contributed by atoms with Crippen molar-refractivity contribution in [3.05, 3.63) is 67.5 Å². The number of hydrogen-bond acceptors (Lipinski definition) is 5. The predicted molar refractivity (Wildman–Crippen MR) is 124 cm³/mol. The van der Waals surface area contributed by atoms with Crippen molar-refractivity contribution < 1.29 is 14.3 Å². The fourth-order valence-electron chi connectivity index (χ4n) is 2.77. The molecule has 5 nitrogen and oxygen atoms in total. The largest absolute Gasteiger partial charge is 0.504 e. The van der Waals surface area contributed by atoms with Crippen molar-refractivity contribution in [2.24, 2.45) is 4.99 Å². The van der Waals surface area contributed by atoms with Crippen LogP contribution in [0.4, 0.5) is 5.69 Å². The molecule has 1 aromatic heterocycles. The molecule has 4 rings (SSSR count). The van der Waals surface area contributed by atoms with Gasteiger partial charge >= 0.3 is 0 Å². The molecule has 3 aromatic carbocycles. The zero-order chi connectivity index (χ0) is 20.5. The summed E-state index contributed by atoms with van der Waals surface area (Å²) in [6.45, 7) is 0. The van der Waals surface area contributed by atoms with E-state index in [4.69, 9.17) is 9.15 Å². The fourth-order valence-corrected chi connectivity index (χ4v) is 3.99. The van der Waals surface area contributed by atoms with Crippen molar-refractivity contribution >= 4 is 70.8 Å². The summed E-state index contributed by atoms with van der Waals surface area (Å²) in [7, 11) is 1.50. The van der Waals surface area contributed by atoms with E-state index in [1.165, 1.54) is 7.11 Å². The summed E-state index contributed by atoms with van der Waals surface area (Å²) in [4.78, 5) is 9.05. The second kappa shape index (κ2) is 8.30. The van der Waals surface area contributed by atoms with Crippen molar-refractivity contribution in [3.63, 3.8) is 0 Å². The number of aromatic hydroxyl groups is 1. The molecule has 0 radical (unpaired) electrons. The Kier molecular flexibility index (Phi) is 5.76. The summed E-state index contributed by atoms with van der Waals surface area (Å²) < 4.78 is 13.4. The zero-order valence-corrected chi connectivity index (χ0v) is 19.7. The van der Waals surface area contributed by atoms with Crippen LogP contribution in [-0.4, -0.2) is 23.4 Å². The summed E-state index contributed by atoms with van der Waals surface area (Å²) in [5.41, 5.74) is 3.44. The lowest BCUT2D eigenvalue weighted by Gasteiger charge is -2.09. The molecule has 146 valence electrons. The Labute approximate surface area is 191 Å². The maximum absolute atomic E-state index is 10.4. The van der Waals surface area contributed by atoms with Crippen LogP contribution in [0.5, 0.6) is 11.5 Å².